The van der Waals surface area contributed by atoms with Crippen molar-refractivity contribution in [3.05, 3.63) is 59.1 Å². The molecule has 0 atom stereocenters. The van der Waals surface area contributed by atoms with E-state index in [4.69, 9.17) is 0 Å². The summed E-state index contributed by atoms with van der Waals surface area (Å²) in [5.41, 5.74) is 3.44. The number of hydrogen-bond donors (Lipinski definition) is 1. The summed E-state index contributed by atoms with van der Waals surface area (Å²) < 4.78 is 1.73. The number of benzene rings is 1. The van der Waals surface area contributed by atoms with Gasteiger partial charge in [-0.1, -0.05) is 37.6 Å². The van der Waals surface area contributed by atoms with Gasteiger partial charge in [-0.15, -0.1) is 11.3 Å². The number of carbonyl (C=O) groups is 1. The van der Waals surface area contributed by atoms with Crippen molar-refractivity contribution in [1.29, 1.82) is 0 Å². The van der Waals surface area contributed by atoms with Gasteiger partial charge in [0, 0.05) is 6.54 Å². The van der Waals surface area contributed by atoms with E-state index >= 15 is 0 Å². The van der Waals surface area contributed by atoms with Crippen LogP contribution in [0.3, 0.4) is 0 Å². The summed E-state index contributed by atoms with van der Waals surface area (Å²) in [6.07, 6.45) is 0. The number of hydrogen-bond acceptors (Lipinski definition) is 3. The second-order valence-corrected chi connectivity index (χ2v) is 7.19. The monoisotopic (exact) mass is 339 g/mol. The highest BCUT2D eigenvalue weighted by molar-refractivity contribution is 7.13. The molecule has 4 nitrogen and oxygen atoms in total. The van der Waals surface area contributed by atoms with Crippen molar-refractivity contribution in [2.75, 3.05) is 6.54 Å². The topological polar surface area (TPSA) is 46.9 Å². The molecule has 24 heavy (non-hydrogen) atoms. The second kappa shape index (κ2) is 7.01. The third-order valence-electron chi connectivity index (χ3n) is 3.67. The minimum atomic E-state index is -0.0976. The van der Waals surface area contributed by atoms with Crippen molar-refractivity contribution in [3.63, 3.8) is 0 Å². The van der Waals surface area contributed by atoms with Crippen LogP contribution in [0.1, 0.15) is 29.9 Å². The quantitative estimate of drug-likeness (QED) is 0.753. The normalized spacial score (nSPS) is 11.0. The van der Waals surface area contributed by atoms with Crippen LogP contribution in [0.5, 0.6) is 0 Å². The van der Waals surface area contributed by atoms with Gasteiger partial charge in [-0.05, 0) is 42.5 Å². The summed E-state index contributed by atoms with van der Waals surface area (Å²) >= 11 is 1.62. The Hall–Kier alpha value is -2.40. The van der Waals surface area contributed by atoms with E-state index in [0.717, 1.165) is 16.3 Å². The maximum atomic E-state index is 12.6. The Morgan fingerprint density at radius 3 is 2.62 bits per heavy atom. The van der Waals surface area contributed by atoms with Gasteiger partial charge in [0.1, 0.15) is 11.4 Å². The lowest BCUT2D eigenvalue weighted by molar-refractivity contribution is 0.0941. The fourth-order valence-corrected chi connectivity index (χ4v) is 3.04. The molecule has 124 valence electrons. The maximum absolute atomic E-state index is 12.6. The number of rotatable bonds is 5. The van der Waals surface area contributed by atoms with Gasteiger partial charge in [0.15, 0.2) is 0 Å². The SMILES string of the molecule is Cc1ccc(-n2nc(-c3cccs3)cc2C(=O)NCC(C)C)cc1. The Kier molecular flexibility index (Phi) is 4.81. The predicted molar refractivity (Wildman–Crippen MR) is 98.8 cm³/mol. The summed E-state index contributed by atoms with van der Waals surface area (Å²) in [5, 5.41) is 9.66. The van der Waals surface area contributed by atoms with Crippen LogP contribution in [-0.2, 0) is 0 Å². The number of aryl methyl sites for hydroxylation is 1. The summed E-state index contributed by atoms with van der Waals surface area (Å²) in [4.78, 5) is 13.7. The molecule has 0 saturated carbocycles. The first kappa shape index (κ1) is 16.5. The van der Waals surface area contributed by atoms with Crippen LogP contribution in [0.4, 0.5) is 0 Å². The molecule has 0 radical (unpaired) electrons. The molecule has 0 spiro atoms. The van der Waals surface area contributed by atoms with Gasteiger partial charge in [0.2, 0.25) is 0 Å². The fraction of sp³-hybridized carbons (Fsp3) is 0.263. The van der Waals surface area contributed by atoms with Crippen LogP contribution in [0.2, 0.25) is 0 Å². The Bertz CT molecular complexity index is 817. The zero-order valence-corrected chi connectivity index (χ0v) is 14.9. The number of carbonyl (C=O) groups excluding carboxylic acids is 1. The van der Waals surface area contributed by atoms with Crippen LogP contribution < -0.4 is 5.32 Å². The molecule has 0 aliphatic carbocycles. The lowest BCUT2D eigenvalue weighted by atomic mass is 10.2. The van der Waals surface area contributed by atoms with E-state index in [0.29, 0.717) is 18.2 Å². The minimum absolute atomic E-state index is 0.0976. The van der Waals surface area contributed by atoms with Crippen molar-refractivity contribution in [2.45, 2.75) is 20.8 Å². The van der Waals surface area contributed by atoms with Crippen LogP contribution in [0.15, 0.2) is 47.8 Å². The van der Waals surface area contributed by atoms with E-state index in [1.165, 1.54) is 5.56 Å². The predicted octanol–water partition coefficient (Wildman–Crippen LogP) is 4.30. The largest absolute Gasteiger partial charge is 0.350 e. The fourth-order valence-electron chi connectivity index (χ4n) is 2.36. The van der Waals surface area contributed by atoms with Gasteiger partial charge in [-0.3, -0.25) is 4.79 Å². The number of amides is 1. The Labute approximate surface area is 146 Å². The van der Waals surface area contributed by atoms with E-state index < -0.39 is 0 Å². The van der Waals surface area contributed by atoms with Crippen molar-refractivity contribution < 1.29 is 4.79 Å². The Balaban J connectivity index is 2.01. The molecule has 1 aromatic carbocycles. The molecule has 3 rings (SSSR count). The van der Waals surface area contributed by atoms with Crippen LogP contribution in [0.25, 0.3) is 16.3 Å². The molecule has 0 aliphatic rings. The van der Waals surface area contributed by atoms with Gasteiger partial charge in [0.05, 0.1) is 10.6 Å². The first-order valence-corrected chi connectivity index (χ1v) is 8.91. The van der Waals surface area contributed by atoms with Crippen LogP contribution in [0, 0.1) is 12.8 Å². The van der Waals surface area contributed by atoms with Gasteiger partial charge >= 0.3 is 0 Å². The zero-order chi connectivity index (χ0) is 17.1. The molecule has 5 heteroatoms. The average Bonchev–Trinajstić information content (AvgIpc) is 3.22. The van der Waals surface area contributed by atoms with Crippen molar-refractivity contribution in [3.8, 4) is 16.3 Å². The van der Waals surface area contributed by atoms with Crippen LogP contribution in [-0.4, -0.2) is 22.2 Å². The van der Waals surface area contributed by atoms with Crippen LogP contribution >= 0.6 is 11.3 Å². The molecule has 1 amide bonds. The van der Waals surface area contributed by atoms with E-state index in [-0.39, 0.29) is 5.91 Å². The van der Waals surface area contributed by atoms with Crippen molar-refractivity contribution in [1.82, 2.24) is 15.1 Å². The molecule has 2 heterocycles. The molecule has 0 unspecified atom stereocenters. The second-order valence-electron chi connectivity index (χ2n) is 6.24. The van der Waals surface area contributed by atoms with Gasteiger partial charge in [-0.2, -0.15) is 5.10 Å². The zero-order valence-electron chi connectivity index (χ0n) is 14.1. The first-order chi connectivity index (χ1) is 11.5. The number of aromatic nitrogens is 2. The highest BCUT2D eigenvalue weighted by Gasteiger charge is 2.18. The molecule has 1 N–H and O–H groups in total. The molecule has 0 saturated heterocycles. The smallest absolute Gasteiger partial charge is 0.270 e. The van der Waals surface area contributed by atoms with Crippen molar-refractivity contribution in [2.24, 2.45) is 5.92 Å². The summed E-state index contributed by atoms with van der Waals surface area (Å²) in [6.45, 7) is 6.84. The molecular weight excluding hydrogens is 318 g/mol. The number of nitrogens with one attached hydrogen (secondary N) is 1. The summed E-state index contributed by atoms with van der Waals surface area (Å²) in [6, 6.07) is 13.9. The molecule has 0 bridgehead atoms. The Morgan fingerprint density at radius 2 is 2.00 bits per heavy atom. The number of nitrogens with zero attached hydrogens (tertiary/aromatic N) is 2. The van der Waals surface area contributed by atoms with E-state index in [2.05, 4.69) is 24.3 Å². The molecular formula is C19H21N3OS. The van der Waals surface area contributed by atoms with Gasteiger partial charge in [0.25, 0.3) is 5.91 Å². The van der Waals surface area contributed by atoms with Gasteiger partial charge in [-0.25, -0.2) is 4.68 Å². The molecule has 2 aromatic heterocycles. The van der Waals surface area contributed by atoms with E-state index in [1.54, 1.807) is 16.0 Å². The first-order valence-electron chi connectivity index (χ1n) is 8.04. The third-order valence-corrected chi connectivity index (χ3v) is 4.56. The summed E-state index contributed by atoms with van der Waals surface area (Å²) in [7, 11) is 0. The van der Waals surface area contributed by atoms with E-state index in [1.807, 2.05) is 54.8 Å². The standard InChI is InChI=1S/C19H21N3OS/c1-13(2)12-20-19(23)17-11-16(18-5-4-10-24-18)21-22(17)15-8-6-14(3)7-9-15/h4-11,13H,12H2,1-3H3,(H,20,23). The highest BCUT2D eigenvalue weighted by atomic mass is 32.1. The summed E-state index contributed by atoms with van der Waals surface area (Å²) in [5.74, 6) is 0.307. The highest BCUT2D eigenvalue weighted by Crippen LogP contribution is 2.26. The van der Waals surface area contributed by atoms with Gasteiger partial charge < -0.3 is 5.32 Å². The molecule has 0 fully saturated rings. The van der Waals surface area contributed by atoms with E-state index in [9.17, 15) is 4.79 Å². The average molecular weight is 339 g/mol. The minimum Gasteiger partial charge on any atom is -0.350 e. The molecule has 3 aromatic rings. The third kappa shape index (κ3) is 3.57. The lowest BCUT2D eigenvalue weighted by Gasteiger charge is -2.10. The molecule has 0 aliphatic heterocycles. The van der Waals surface area contributed by atoms with Crippen molar-refractivity contribution >= 4 is 17.2 Å². The number of thiophene rings is 1. The Morgan fingerprint density at radius 1 is 1.25 bits per heavy atom. The maximum Gasteiger partial charge on any atom is 0.270 e. The lowest BCUT2D eigenvalue weighted by Crippen LogP contribution is -2.29.